The largest absolute Gasteiger partial charge is 0.357 e. The summed E-state index contributed by atoms with van der Waals surface area (Å²) in [5.74, 6) is 0.552. The highest BCUT2D eigenvalue weighted by Crippen LogP contribution is 2.33. The van der Waals surface area contributed by atoms with Gasteiger partial charge in [0.15, 0.2) is 0 Å². The van der Waals surface area contributed by atoms with Gasteiger partial charge in [-0.25, -0.2) is 9.97 Å². The minimum Gasteiger partial charge on any atom is -0.357 e. The van der Waals surface area contributed by atoms with Crippen LogP contribution in [0.5, 0.6) is 0 Å². The van der Waals surface area contributed by atoms with Crippen molar-refractivity contribution in [2.24, 2.45) is 0 Å². The lowest BCUT2D eigenvalue weighted by atomic mass is 10.0. The van der Waals surface area contributed by atoms with Gasteiger partial charge >= 0.3 is 0 Å². The van der Waals surface area contributed by atoms with Crippen LogP contribution >= 0.6 is 11.3 Å². The lowest BCUT2D eigenvalue weighted by molar-refractivity contribution is -0.126. The van der Waals surface area contributed by atoms with Crippen molar-refractivity contribution < 1.29 is 9.59 Å². The summed E-state index contributed by atoms with van der Waals surface area (Å²) in [6, 6.07) is -0.380. The summed E-state index contributed by atoms with van der Waals surface area (Å²) in [5, 5.41) is 3.64. The average molecular weight is 346 g/mol. The van der Waals surface area contributed by atoms with Crippen molar-refractivity contribution in [3.05, 3.63) is 22.0 Å². The summed E-state index contributed by atoms with van der Waals surface area (Å²) in [6.45, 7) is 6.36. The van der Waals surface area contributed by atoms with Gasteiger partial charge in [0.1, 0.15) is 16.7 Å². The van der Waals surface area contributed by atoms with Crippen LogP contribution in [0.3, 0.4) is 0 Å². The Morgan fingerprint density at radius 1 is 1.21 bits per heavy atom. The SMILES string of the molecule is CNC(=O)C1CCCCN1C(=O)c1sc2nc(C)nc(C)c2c1C. The third-order valence-corrected chi connectivity index (χ3v) is 5.76. The monoisotopic (exact) mass is 346 g/mol. The van der Waals surface area contributed by atoms with Crippen LogP contribution in [0.25, 0.3) is 10.2 Å². The van der Waals surface area contributed by atoms with Gasteiger partial charge in [-0.2, -0.15) is 0 Å². The molecule has 1 aliphatic rings. The molecule has 6 nitrogen and oxygen atoms in total. The number of hydrogen-bond acceptors (Lipinski definition) is 5. The Balaban J connectivity index is 2.03. The minimum absolute atomic E-state index is 0.0687. The number of carbonyl (C=O) groups excluding carboxylic acids is 2. The van der Waals surface area contributed by atoms with Crippen molar-refractivity contribution in [3.8, 4) is 0 Å². The molecule has 3 heterocycles. The topological polar surface area (TPSA) is 75.2 Å². The van der Waals surface area contributed by atoms with Gasteiger partial charge in [0.25, 0.3) is 5.91 Å². The van der Waals surface area contributed by atoms with E-state index in [1.165, 1.54) is 11.3 Å². The zero-order valence-electron chi connectivity index (χ0n) is 14.5. The van der Waals surface area contributed by atoms with Crippen LogP contribution in [0, 0.1) is 20.8 Å². The molecule has 0 spiro atoms. The minimum atomic E-state index is -0.380. The fourth-order valence-electron chi connectivity index (χ4n) is 3.42. The summed E-state index contributed by atoms with van der Waals surface area (Å²) in [4.78, 5) is 37.4. The third kappa shape index (κ3) is 2.77. The van der Waals surface area contributed by atoms with Crippen LogP contribution in [0.2, 0.25) is 0 Å². The highest BCUT2D eigenvalue weighted by Gasteiger charge is 2.34. The first-order chi connectivity index (χ1) is 11.4. The molecule has 1 atom stereocenters. The second-order valence-corrected chi connectivity index (χ2v) is 7.22. The summed E-state index contributed by atoms with van der Waals surface area (Å²) in [7, 11) is 1.62. The van der Waals surface area contributed by atoms with E-state index in [1.807, 2.05) is 20.8 Å². The van der Waals surface area contributed by atoms with E-state index in [-0.39, 0.29) is 17.9 Å². The number of likely N-dealkylation sites (tertiary alicyclic amines) is 1. The molecule has 1 aliphatic heterocycles. The quantitative estimate of drug-likeness (QED) is 0.906. The number of rotatable bonds is 2. The number of carbonyl (C=O) groups is 2. The molecule has 2 aromatic heterocycles. The van der Waals surface area contributed by atoms with Gasteiger partial charge in [0.05, 0.1) is 4.88 Å². The van der Waals surface area contributed by atoms with Gasteiger partial charge in [0.2, 0.25) is 5.91 Å². The summed E-state index contributed by atoms with van der Waals surface area (Å²) in [5.41, 5.74) is 1.81. The number of amides is 2. The van der Waals surface area contributed by atoms with Crippen molar-refractivity contribution in [2.75, 3.05) is 13.6 Å². The van der Waals surface area contributed by atoms with E-state index < -0.39 is 0 Å². The number of aryl methyl sites for hydroxylation is 3. The van der Waals surface area contributed by atoms with E-state index in [9.17, 15) is 9.59 Å². The maximum atomic E-state index is 13.1. The lowest BCUT2D eigenvalue weighted by Crippen LogP contribution is -2.51. The number of nitrogens with one attached hydrogen (secondary N) is 1. The fourth-order valence-corrected chi connectivity index (χ4v) is 4.66. The van der Waals surface area contributed by atoms with Crippen LogP contribution in [0.4, 0.5) is 0 Å². The first kappa shape index (κ1) is 16.8. The molecule has 1 fully saturated rings. The Bertz CT molecular complexity index is 815. The molecule has 0 bridgehead atoms. The predicted molar refractivity (Wildman–Crippen MR) is 94.4 cm³/mol. The Hall–Kier alpha value is -2.02. The maximum Gasteiger partial charge on any atom is 0.264 e. The number of piperidine rings is 1. The second kappa shape index (κ2) is 6.47. The molecular weight excluding hydrogens is 324 g/mol. The van der Waals surface area contributed by atoms with E-state index in [0.29, 0.717) is 23.7 Å². The van der Waals surface area contributed by atoms with Gasteiger partial charge in [-0.15, -0.1) is 11.3 Å². The van der Waals surface area contributed by atoms with Gasteiger partial charge in [-0.1, -0.05) is 0 Å². The van der Waals surface area contributed by atoms with Crippen LogP contribution in [0.15, 0.2) is 0 Å². The van der Waals surface area contributed by atoms with E-state index >= 15 is 0 Å². The zero-order chi connectivity index (χ0) is 17.4. The number of thiophene rings is 1. The van der Waals surface area contributed by atoms with Crippen LogP contribution in [-0.4, -0.2) is 46.3 Å². The molecule has 24 heavy (non-hydrogen) atoms. The molecule has 1 saturated heterocycles. The zero-order valence-corrected chi connectivity index (χ0v) is 15.3. The smallest absolute Gasteiger partial charge is 0.264 e. The fraction of sp³-hybridized carbons (Fsp3) is 0.529. The standard InChI is InChI=1S/C17H22N4O2S/c1-9-13-10(2)19-11(3)20-16(13)24-14(9)17(23)21-8-6-5-7-12(21)15(22)18-4/h12H,5-8H2,1-4H3,(H,18,22). The van der Waals surface area contributed by atoms with Gasteiger partial charge in [-0.3, -0.25) is 9.59 Å². The van der Waals surface area contributed by atoms with Crippen molar-refractivity contribution in [1.82, 2.24) is 20.2 Å². The maximum absolute atomic E-state index is 13.1. The molecule has 0 saturated carbocycles. The predicted octanol–water partition coefficient (Wildman–Crippen LogP) is 2.36. The van der Waals surface area contributed by atoms with Gasteiger partial charge in [0, 0.05) is 24.7 Å². The molecule has 0 aromatic carbocycles. The highest BCUT2D eigenvalue weighted by molar-refractivity contribution is 7.20. The summed E-state index contributed by atoms with van der Waals surface area (Å²) in [6.07, 6.45) is 2.62. The Morgan fingerprint density at radius 2 is 1.96 bits per heavy atom. The van der Waals surface area contributed by atoms with Gasteiger partial charge < -0.3 is 10.2 Å². The first-order valence-electron chi connectivity index (χ1n) is 8.21. The number of hydrogen-bond donors (Lipinski definition) is 1. The van der Waals surface area contributed by atoms with E-state index in [1.54, 1.807) is 11.9 Å². The first-order valence-corrected chi connectivity index (χ1v) is 9.02. The van der Waals surface area contributed by atoms with Crippen LogP contribution in [0.1, 0.15) is 46.0 Å². The van der Waals surface area contributed by atoms with Crippen LogP contribution < -0.4 is 5.32 Å². The molecular formula is C17H22N4O2S. The summed E-state index contributed by atoms with van der Waals surface area (Å²) < 4.78 is 0. The van der Waals surface area contributed by atoms with E-state index in [0.717, 1.165) is 34.3 Å². The van der Waals surface area contributed by atoms with Crippen molar-refractivity contribution in [2.45, 2.75) is 46.1 Å². The van der Waals surface area contributed by atoms with E-state index in [2.05, 4.69) is 15.3 Å². The molecule has 1 N–H and O–H groups in total. The lowest BCUT2D eigenvalue weighted by Gasteiger charge is -2.34. The molecule has 2 amide bonds. The average Bonchev–Trinajstić information content (AvgIpc) is 2.90. The molecule has 0 radical (unpaired) electrons. The van der Waals surface area contributed by atoms with E-state index in [4.69, 9.17) is 0 Å². The third-order valence-electron chi connectivity index (χ3n) is 4.59. The van der Waals surface area contributed by atoms with Gasteiger partial charge in [-0.05, 0) is 45.6 Å². The normalized spacial score (nSPS) is 18.0. The Labute approximate surface area is 145 Å². The number of aromatic nitrogens is 2. The molecule has 7 heteroatoms. The number of nitrogens with zero attached hydrogens (tertiary/aromatic N) is 3. The second-order valence-electron chi connectivity index (χ2n) is 6.22. The number of likely N-dealkylation sites (N-methyl/N-ethyl adjacent to an activating group) is 1. The molecule has 3 rings (SSSR count). The Kier molecular flexibility index (Phi) is 4.54. The van der Waals surface area contributed by atoms with Crippen molar-refractivity contribution >= 4 is 33.4 Å². The molecule has 128 valence electrons. The van der Waals surface area contributed by atoms with Crippen molar-refractivity contribution in [3.63, 3.8) is 0 Å². The highest BCUT2D eigenvalue weighted by atomic mass is 32.1. The van der Waals surface area contributed by atoms with Crippen molar-refractivity contribution in [1.29, 1.82) is 0 Å². The molecule has 2 aromatic rings. The Morgan fingerprint density at radius 3 is 2.67 bits per heavy atom. The number of fused-ring (bicyclic) bond motifs is 1. The van der Waals surface area contributed by atoms with Crippen LogP contribution in [-0.2, 0) is 4.79 Å². The molecule has 1 unspecified atom stereocenters. The molecule has 0 aliphatic carbocycles. The summed E-state index contributed by atoms with van der Waals surface area (Å²) >= 11 is 1.40.